The monoisotopic (exact) mass is 247 g/mol. The maximum Gasteiger partial charge on any atom is 0.298 e. The molecule has 0 bridgehead atoms. The van der Waals surface area contributed by atoms with E-state index in [-0.39, 0.29) is 5.91 Å². The molecule has 1 heterocycles. The van der Waals surface area contributed by atoms with Gasteiger partial charge in [0, 0.05) is 24.3 Å². The van der Waals surface area contributed by atoms with Crippen molar-refractivity contribution in [2.75, 3.05) is 6.54 Å². The Labute approximate surface area is 109 Å². The van der Waals surface area contributed by atoms with E-state index < -0.39 is 0 Å². The average Bonchev–Trinajstić information content (AvgIpc) is 2.62. The Bertz CT molecular complexity index is 491. The fourth-order valence-corrected chi connectivity index (χ4v) is 1.97. The number of amides is 1. The number of hydrogen-bond acceptors (Lipinski definition) is 2. The van der Waals surface area contributed by atoms with Gasteiger partial charge in [-0.2, -0.15) is 5.10 Å². The zero-order valence-corrected chi connectivity index (χ0v) is 11.9. The molecule has 0 saturated carbocycles. The minimum atomic E-state index is -0.122. The van der Waals surface area contributed by atoms with Crippen LogP contribution >= 0.6 is 0 Å². The van der Waals surface area contributed by atoms with Crippen LogP contribution < -0.4 is 0 Å². The Morgan fingerprint density at radius 2 is 2.06 bits per heavy atom. The summed E-state index contributed by atoms with van der Waals surface area (Å²) in [5.41, 5.74) is 3.25. The summed E-state index contributed by atoms with van der Waals surface area (Å²) in [6, 6.07) is 0. The summed E-state index contributed by atoms with van der Waals surface area (Å²) >= 11 is 0. The zero-order chi connectivity index (χ0) is 13.7. The molecule has 0 aliphatic heterocycles. The molecule has 0 aliphatic rings. The maximum absolute atomic E-state index is 11.8. The number of carbonyl (C=O) groups is 1. The van der Waals surface area contributed by atoms with Gasteiger partial charge >= 0.3 is 0 Å². The first-order chi connectivity index (χ1) is 8.54. The third-order valence-electron chi connectivity index (χ3n) is 3.08. The second-order valence-corrected chi connectivity index (χ2v) is 4.16. The lowest BCUT2D eigenvalue weighted by Gasteiger charge is -2.18. The van der Waals surface area contributed by atoms with Crippen LogP contribution in [0.25, 0.3) is 0 Å². The molecule has 0 aromatic carbocycles. The number of aryl methyl sites for hydroxylation is 2. The van der Waals surface area contributed by atoms with Gasteiger partial charge < -0.3 is 4.90 Å². The predicted octanol–water partition coefficient (Wildman–Crippen LogP) is 1.89. The highest BCUT2D eigenvalue weighted by atomic mass is 16.2. The van der Waals surface area contributed by atoms with E-state index in [9.17, 15) is 4.79 Å². The van der Waals surface area contributed by atoms with Gasteiger partial charge in [0.2, 0.25) is 0 Å². The first-order valence-corrected chi connectivity index (χ1v) is 6.29. The third kappa shape index (κ3) is 2.92. The van der Waals surface area contributed by atoms with Crippen LogP contribution in [0.15, 0.2) is 0 Å². The van der Waals surface area contributed by atoms with Crippen molar-refractivity contribution in [1.29, 1.82) is 0 Å². The summed E-state index contributed by atoms with van der Waals surface area (Å²) in [7, 11) is 0. The molecule has 1 rings (SSSR count). The molecule has 0 radical (unpaired) electrons. The lowest BCUT2D eigenvalue weighted by Crippen LogP contribution is -2.29. The van der Waals surface area contributed by atoms with Crippen LogP contribution in [0.3, 0.4) is 0 Å². The van der Waals surface area contributed by atoms with Crippen LogP contribution in [0.4, 0.5) is 0 Å². The number of hydrogen-bond donors (Lipinski definition) is 0. The standard InChI is InChI=1S/C14H21N3O/c1-6-9-14(18)16(7-2)10-13-11(4)15-17(8-3)12(13)5/h7-8,10H2,1-5H3. The largest absolute Gasteiger partial charge is 0.328 e. The molecule has 0 saturated heterocycles. The van der Waals surface area contributed by atoms with Crippen molar-refractivity contribution in [2.45, 2.75) is 47.7 Å². The van der Waals surface area contributed by atoms with Crippen LogP contribution in [0.2, 0.25) is 0 Å². The second kappa shape index (κ2) is 6.25. The Morgan fingerprint density at radius 1 is 1.39 bits per heavy atom. The molecule has 18 heavy (non-hydrogen) atoms. The van der Waals surface area contributed by atoms with E-state index in [1.54, 1.807) is 11.8 Å². The average molecular weight is 247 g/mol. The summed E-state index contributed by atoms with van der Waals surface area (Å²) in [6.45, 7) is 11.8. The fourth-order valence-electron chi connectivity index (χ4n) is 1.97. The summed E-state index contributed by atoms with van der Waals surface area (Å²) < 4.78 is 1.97. The molecule has 1 aromatic rings. The highest BCUT2D eigenvalue weighted by molar-refractivity contribution is 5.93. The zero-order valence-electron chi connectivity index (χ0n) is 11.9. The van der Waals surface area contributed by atoms with E-state index >= 15 is 0 Å². The van der Waals surface area contributed by atoms with Crippen molar-refractivity contribution in [3.63, 3.8) is 0 Å². The minimum absolute atomic E-state index is 0.122. The van der Waals surface area contributed by atoms with Crippen molar-refractivity contribution in [2.24, 2.45) is 0 Å². The highest BCUT2D eigenvalue weighted by Crippen LogP contribution is 2.15. The Kier molecular flexibility index (Phi) is 4.96. The van der Waals surface area contributed by atoms with Crippen molar-refractivity contribution in [3.8, 4) is 11.8 Å². The number of carbonyl (C=O) groups excluding carboxylic acids is 1. The smallest absolute Gasteiger partial charge is 0.298 e. The lowest BCUT2D eigenvalue weighted by molar-refractivity contribution is -0.125. The van der Waals surface area contributed by atoms with E-state index in [1.165, 1.54) is 0 Å². The van der Waals surface area contributed by atoms with Crippen molar-refractivity contribution < 1.29 is 4.79 Å². The van der Waals surface area contributed by atoms with Gasteiger partial charge in [0.1, 0.15) is 0 Å². The summed E-state index contributed by atoms with van der Waals surface area (Å²) in [5.74, 6) is 5.12. The molecular weight excluding hydrogens is 226 g/mol. The number of rotatable bonds is 4. The van der Waals surface area contributed by atoms with Gasteiger partial charge in [-0.05, 0) is 40.5 Å². The molecule has 0 atom stereocenters. The molecule has 0 spiro atoms. The van der Waals surface area contributed by atoms with Gasteiger partial charge in [-0.1, -0.05) is 5.92 Å². The molecule has 0 aliphatic carbocycles. The topological polar surface area (TPSA) is 38.1 Å². The van der Waals surface area contributed by atoms with Crippen LogP contribution in [0.1, 0.15) is 37.7 Å². The molecule has 4 heteroatoms. The number of aromatic nitrogens is 2. The van der Waals surface area contributed by atoms with E-state index in [0.29, 0.717) is 13.1 Å². The molecule has 98 valence electrons. The molecule has 0 fully saturated rings. The van der Waals surface area contributed by atoms with Gasteiger partial charge in [0.05, 0.1) is 12.2 Å². The first kappa shape index (κ1) is 14.3. The SMILES string of the molecule is CC#CC(=O)N(CC)Cc1c(C)nn(CC)c1C. The van der Waals surface area contributed by atoms with Crippen molar-refractivity contribution >= 4 is 5.91 Å². The van der Waals surface area contributed by atoms with Gasteiger partial charge in [-0.3, -0.25) is 9.48 Å². The van der Waals surface area contributed by atoms with E-state index in [1.807, 2.05) is 25.5 Å². The van der Waals surface area contributed by atoms with Crippen LogP contribution in [-0.2, 0) is 17.9 Å². The highest BCUT2D eigenvalue weighted by Gasteiger charge is 2.16. The Balaban J connectivity index is 2.97. The van der Waals surface area contributed by atoms with Gasteiger partial charge in [-0.25, -0.2) is 0 Å². The quantitative estimate of drug-likeness (QED) is 0.762. The molecule has 0 N–H and O–H groups in total. The Morgan fingerprint density at radius 3 is 2.50 bits per heavy atom. The lowest BCUT2D eigenvalue weighted by atomic mass is 10.2. The van der Waals surface area contributed by atoms with Crippen LogP contribution in [0.5, 0.6) is 0 Å². The van der Waals surface area contributed by atoms with E-state index in [2.05, 4.69) is 23.9 Å². The molecule has 1 aromatic heterocycles. The second-order valence-electron chi connectivity index (χ2n) is 4.16. The van der Waals surface area contributed by atoms with Gasteiger partial charge in [0.15, 0.2) is 0 Å². The fraction of sp³-hybridized carbons (Fsp3) is 0.571. The summed E-state index contributed by atoms with van der Waals surface area (Å²) in [5, 5.41) is 4.46. The molecular formula is C14H21N3O. The van der Waals surface area contributed by atoms with E-state index in [4.69, 9.17) is 0 Å². The Hall–Kier alpha value is -1.76. The van der Waals surface area contributed by atoms with Gasteiger partial charge in [0.25, 0.3) is 5.91 Å². The molecule has 1 amide bonds. The third-order valence-corrected chi connectivity index (χ3v) is 3.08. The van der Waals surface area contributed by atoms with E-state index in [0.717, 1.165) is 23.5 Å². The minimum Gasteiger partial charge on any atom is -0.328 e. The first-order valence-electron chi connectivity index (χ1n) is 6.29. The molecule has 4 nitrogen and oxygen atoms in total. The summed E-state index contributed by atoms with van der Waals surface area (Å²) in [6.07, 6.45) is 0. The summed E-state index contributed by atoms with van der Waals surface area (Å²) in [4.78, 5) is 13.5. The normalized spacial score (nSPS) is 9.83. The van der Waals surface area contributed by atoms with Gasteiger partial charge in [-0.15, -0.1) is 0 Å². The van der Waals surface area contributed by atoms with Crippen molar-refractivity contribution in [1.82, 2.24) is 14.7 Å². The van der Waals surface area contributed by atoms with Crippen molar-refractivity contribution in [3.05, 3.63) is 17.0 Å². The van der Waals surface area contributed by atoms with Crippen LogP contribution in [-0.4, -0.2) is 27.1 Å². The number of nitrogens with zero attached hydrogens (tertiary/aromatic N) is 3. The molecule has 0 unspecified atom stereocenters. The predicted molar refractivity (Wildman–Crippen MR) is 71.9 cm³/mol. The van der Waals surface area contributed by atoms with Crippen LogP contribution in [0, 0.1) is 25.7 Å². The maximum atomic E-state index is 11.8.